The lowest BCUT2D eigenvalue weighted by Crippen LogP contribution is -2.25. The molecule has 19 heavy (non-hydrogen) atoms. The summed E-state index contributed by atoms with van der Waals surface area (Å²) in [4.78, 5) is 22.1. The number of rotatable bonds is 1. The summed E-state index contributed by atoms with van der Waals surface area (Å²) in [6.07, 6.45) is 1.66. The summed E-state index contributed by atoms with van der Waals surface area (Å²) in [7, 11) is 0. The van der Waals surface area contributed by atoms with Gasteiger partial charge in [0.05, 0.1) is 22.8 Å². The van der Waals surface area contributed by atoms with E-state index in [2.05, 4.69) is 9.97 Å². The van der Waals surface area contributed by atoms with Crippen molar-refractivity contribution in [2.45, 2.75) is 13.1 Å². The molecule has 0 aliphatic carbocycles. The molecular weight excluding hydrogens is 264 g/mol. The SMILES string of the molecule is Nc1ncc2c(n1)CN(C(=O)c1ccccc1Cl)C2. The molecule has 1 aromatic heterocycles. The zero-order valence-corrected chi connectivity index (χ0v) is 10.8. The molecule has 0 radical (unpaired) electrons. The molecule has 2 heterocycles. The number of nitrogens with zero attached hydrogens (tertiary/aromatic N) is 3. The Hall–Kier alpha value is -2.14. The molecule has 3 rings (SSSR count). The quantitative estimate of drug-likeness (QED) is 0.862. The molecule has 2 aromatic rings. The van der Waals surface area contributed by atoms with Gasteiger partial charge in [0.15, 0.2) is 0 Å². The molecule has 0 spiro atoms. The third kappa shape index (κ3) is 2.13. The first kappa shape index (κ1) is 11.9. The van der Waals surface area contributed by atoms with E-state index < -0.39 is 0 Å². The third-order valence-electron chi connectivity index (χ3n) is 3.07. The average Bonchev–Trinajstić information content (AvgIpc) is 2.81. The Balaban J connectivity index is 1.87. The first-order valence-corrected chi connectivity index (χ1v) is 6.17. The van der Waals surface area contributed by atoms with Crippen LogP contribution in [0.3, 0.4) is 0 Å². The zero-order valence-electron chi connectivity index (χ0n) is 10.0. The van der Waals surface area contributed by atoms with Crippen LogP contribution in [0.25, 0.3) is 0 Å². The van der Waals surface area contributed by atoms with Crippen molar-refractivity contribution in [3.63, 3.8) is 0 Å². The fourth-order valence-corrected chi connectivity index (χ4v) is 2.33. The van der Waals surface area contributed by atoms with Crippen molar-refractivity contribution in [3.05, 3.63) is 52.3 Å². The lowest BCUT2D eigenvalue weighted by molar-refractivity contribution is 0.0750. The van der Waals surface area contributed by atoms with Crippen LogP contribution in [0, 0.1) is 0 Å². The molecule has 1 amide bonds. The second kappa shape index (κ2) is 4.51. The second-order valence-corrected chi connectivity index (χ2v) is 4.75. The molecule has 0 saturated carbocycles. The van der Waals surface area contributed by atoms with Crippen LogP contribution in [0.15, 0.2) is 30.5 Å². The van der Waals surface area contributed by atoms with Crippen LogP contribution in [0.2, 0.25) is 5.02 Å². The minimum Gasteiger partial charge on any atom is -0.368 e. The highest BCUT2D eigenvalue weighted by Crippen LogP contribution is 2.25. The van der Waals surface area contributed by atoms with E-state index in [0.29, 0.717) is 23.7 Å². The number of amides is 1. The smallest absolute Gasteiger partial charge is 0.256 e. The molecule has 2 N–H and O–H groups in total. The van der Waals surface area contributed by atoms with Gasteiger partial charge in [-0.3, -0.25) is 4.79 Å². The lowest BCUT2D eigenvalue weighted by Gasteiger charge is -2.15. The van der Waals surface area contributed by atoms with Crippen molar-refractivity contribution in [2.75, 3.05) is 5.73 Å². The van der Waals surface area contributed by atoms with Gasteiger partial charge in [-0.15, -0.1) is 0 Å². The van der Waals surface area contributed by atoms with Crippen LogP contribution < -0.4 is 5.73 Å². The molecule has 5 nitrogen and oxygen atoms in total. The van der Waals surface area contributed by atoms with Crippen molar-refractivity contribution < 1.29 is 4.79 Å². The number of carbonyl (C=O) groups excluding carboxylic acids is 1. The molecule has 0 fully saturated rings. The van der Waals surface area contributed by atoms with E-state index in [0.717, 1.165) is 11.3 Å². The molecule has 0 unspecified atom stereocenters. The van der Waals surface area contributed by atoms with Gasteiger partial charge in [-0.1, -0.05) is 23.7 Å². The van der Waals surface area contributed by atoms with E-state index in [9.17, 15) is 4.79 Å². The van der Waals surface area contributed by atoms with E-state index in [1.54, 1.807) is 35.4 Å². The van der Waals surface area contributed by atoms with E-state index in [1.807, 2.05) is 0 Å². The van der Waals surface area contributed by atoms with Crippen molar-refractivity contribution >= 4 is 23.5 Å². The van der Waals surface area contributed by atoms with E-state index in [-0.39, 0.29) is 11.9 Å². The van der Waals surface area contributed by atoms with Gasteiger partial charge in [0.1, 0.15) is 0 Å². The molecule has 96 valence electrons. The summed E-state index contributed by atoms with van der Waals surface area (Å²) >= 11 is 6.04. The predicted octanol–water partition coefficient (Wildman–Crippen LogP) is 1.87. The third-order valence-corrected chi connectivity index (χ3v) is 3.40. The van der Waals surface area contributed by atoms with Gasteiger partial charge in [-0.25, -0.2) is 9.97 Å². The summed E-state index contributed by atoms with van der Waals surface area (Å²) in [6, 6.07) is 7.01. The molecule has 1 aliphatic rings. The maximum atomic E-state index is 12.4. The fraction of sp³-hybridized carbons (Fsp3) is 0.154. The minimum absolute atomic E-state index is 0.109. The maximum absolute atomic E-state index is 12.4. The fourth-order valence-electron chi connectivity index (χ4n) is 2.12. The minimum atomic E-state index is -0.109. The number of hydrogen-bond acceptors (Lipinski definition) is 4. The van der Waals surface area contributed by atoms with Crippen LogP contribution in [-0.2, 0) is 13.1 Å². The Morgan fingerprint density at radius 3 is 2.89 bits per heavy atom. The van der Waals surface area contributed by atoms with Gasteiger partial charge in [0.2, 0.25) is 5.95 Å². The number of halogens is 1. The standard InChI is InChI=1S/C13H11ClN4O/c14-10-4-2-1-3-9(10)12(19)18-6-8-5-16-13(15)17-11(8)7-18/h1-5H,6-7H2,(H2,15,16,17). The first-order valence-electron chi connectivity index (χ1n) is 5.79. The summed E-state index contributed by atoms with van der Waals surface area (Å²) < 4.78 is 0. The largest absolute Gasteiger partial charge is 0.368 e. The van der Waals surface area contributed by atoms with Gasteiger partial charge in [-0.05, 0) is 12.1 Å². The molecule has 0 bridgehead atoms. The Morgan fingerprint density at radius 2 is 2.11 bits per heavy atom. The number of nitrogen functional groups attached to an aromatic ring is 1. The molecule has 0 atom stereocenters. The summed E-state index contributed by atoms with van der Waals surface area (Å²) in [5.74, 6) is 0.118. The Bertz CT molecular complexity index is 659. The van der Waals surface area contributed by atoms with Crippen molar-refractivity contribution in [3.8, 4) is 0 Å². The number of hydrogen-bond donors (Lipinski definition) is 1. The molecule has 1 aliphatic heterocycles. The van der Waals surface area contributed by atoms with Crippen molar-refractivity contribution in [1.29, 1.82) is 0 Å². The van der Waals surface area contributed by atoms with Crippen LogP contribution in [0.1, 0.15) is 21.6 Å². The van der Waals surface area contributed by atoms with Gasteiger partial charge in [0.25, 0.3) is 5.91 Å². The average molecular weight is 275 g/mol. The second-order valence-electron chi connectivity index (χ2n) is 4.34. The lowest BCUT2D eigenvalue weighted by atomic mass is 10.2. The molecular formula is C13H11ClN4O. The van der Waals surface area contributed by atoms with Gasteiger partial charge < -0.3 is 10.6 Å². The van der Waals surface area contributed by atoms with Gasteiger partial charge >= 0.3 is 0 Å². The van der Waals surface area contributed by atoms with E-state index in [4.69, 9.17) is 17.3 Å². The maximum Gasteiger partial charge on any atom is 0.256 e. The molecule has 1 aromatic carbocycles. The Labute approximate surface area is 115 Å². The number of aromatic nitrogens is 2. The number of carbonyl (C=O) groups is 1. The summed E-state index contributed by atoms with van der Waals surface area (Å²) in [5, 5.41) is 0.453. The van der Waals surface area contributed by atoms with Crippen LogP contribution in [0.4, 0.5) is 5.95 Å². The van der Waals surface area contributed by atoms with Gasteiger partial charge in [0, 0.05) is 18.3 Å². The van der Waals surface area contributed by atoms with E-state index >= 15 is 0 Å². The molecule has 0 saturated heterocycles. The highest BCUT2D eigenvalue weighted by molar-refractivity contribution is 6.33. The van der Waals surface area contributed by atoms with Crippen LogP contribution in [0.5, 0.6) is 0 Å². The Kier molecular flexibility index (Phi) is 2.83. The highest BCUT2D eigenvalue weighted by Gasteiger charge is 2.26. The van der Waals surface area contributed by atoms with Crippen molar-refractivity contribution in [2.24, 2.45) is 0 Å². The van der Waals surface area contributed by atoms with Crippen LogP contribution >= 0.6 is 11.6 Å². The topological polar surface area (TPSA) is 72.1 Å². The highest BCUT2D eigenvalue weighted by atomic mass is 35.5. The number of anilines is 1. The summed E-state index contributed by atoms with van der Waals surface area (Å²) in [5.41, 5.74) is 7.76. The Morgan fingerprint density at radius 1 is 1.32 bits per heavy atom. The number of nitrogens with two attached hydrogens (primary N) is 1. The monoisotopic (exact) mass is 274 g/mol. The van der Waals surface area contributed by atoms with Gasteiger partial charge in [-0.2, -0.15) is 0 Å². The summed E-state index contributed by atoms with van der Waals surface area (Å²) in [6.45, 7) is 0.922. The zero-order chi connectivity index (χ0) is 13.4. The number of benzene rings is 1. The molecule has 6 heteroatoms. The number of fused-ring (bicyclic) bond motifs is 1. The predicted molar refractivity (Wildman–Crippen MR) is 71.5 cm³/mol. The van der Waals surface area contributed by atoms with Crippen LogP contribution in [-0.4, -0.2) is 20.8 Å². The first-order chi connectivity index (χ1) is 9.15. The van der Waals surface area contributed by atoms with E-state index in [1.165, 1.54) is 0 Å². The van der Waals surface area contributed by atoms with Crippen molar-refractivity contribution in [1.82, 2.24) is 14.9 Å². The normalized spacial score (nSPS) is 13.4.